The molecule has 4 rings (SSSR count). The molecule has 2 aromatic rings. The van der Waals surface area contributed by atoms with Crippen LogP contribution in [0, 0.1) is 0 Å². The highest BCUT2D eigenvalue weighted by atomic mass is 32.2. The number of aliphatic carboxylic acids is 1. The largest absolute Gasteiger partial charge is 0.489 e. The van der Waals surface area contributed by atoms with Gasteiger partial charge < -0.3 is 14.9 Å². The van der Waals surface area contributed by atoms with E-state index in [1.165, 1.54) is 12.1 Å². The Bertz CT molecular complexity index is 991. The van der Waals surface area contributed by atoms with Crippen molar-refractivity contribution in [3.8, 4) is 5.75 Å². The first-order chi connectivity index (χ1) is 12.8. The molecule has 2 aromatic carbocycles. The number of fused-ring (bicyclic) bond motifs is 3. The highest BCUT2D eigenvalue weighted by Crippen LogP contribution is 2.52. The second-order valence-electron chi connectivity index (χ2n) is 6.92. The first-order valence-electron chi connectivity index (χ1n) is 8.62. The molecule has 0 spiro atoms. The topological polar surface area (TPSA) is 113 Å². The number of carboxylic acids is 1. The van der Waals surface area contributed by atoms with Crippen LogP contribution in [0.4, 0.5) is 0 Å². The Kier molecular flexibility index (Phi) is 4.21. The number of aliphatic hydroxyl groups is 1. The van der Waals surface area contributed by atoms with Gasteiger partial charge in [-0.15, -0.1) is 0 Å². The van der Waals surface area contributed by atoms with E-state index in [9.17, 15) is 18.3 Å². The molecule has 0 radical (unpaired) electrons. The molecule has 1 aliphatic carbocycles. The number of sulfonamides is 1. The van der Waals surface area contributed by atoms with Crippen LogP contribution in [0.25, 0.3) is 0 Å². The standard InChI is InChI=1S/C19H19NO6S/c21-16(22)11-12-5-4-8-14-17-15(26-18(12)14)9-10-19(17,23)20-27(24,25)13-6-2-1-3-7-13/h1-8,15,17,20,23H,9-11H2,(H,21,22). The summed E-state index contributed by atoms with van der Waals surface area (Å²) in [6.07, 6.45) is 0.0615. The molecular weight excluding hydrogens is 370 g/mol. The first kappa shape index (κ1) is 18.0. The zero-order valence-electron chi connectivity index (χ0n) is 14.3. The molecule has 0 aromatic heterocycles. The van der Waals surface area contributed by atoms with Crippen LogP contribution in [0.1, 0.15) is 29.9 Å². The smallest absolute Gasteiger partial charge is 0.307 e. The van der Waals surface area contributed by atoms with Gasteiger partial charge in [0.05, 0.1) is 17.2 Å². The molecule has 2 aliphatic rings. The van der Waals surface area contributed by atoms with Crippen LogP contribution in [0.3, 0.4) is 0 Å². The van der Waals surface area contributed by atoms with Gasteiger partial charge in [0.1, 0.15) is 17.6 Å². The quantitative estimate of drug-likeness (QED) is 0.670. The summed E-state index contributed by atoms with van der Waals surface area (Å²) >= 11 is 0. The van der Waals surface area contributed by atoms with E-state index in [1.54, 1.807) is 36.4 Å². The number of carbonyl (C=O) groups is 1. The van der Waals surface area contributed by atoms with Gasteiger partial charge in [-0.2, -0.15) is 4.72 Å². The number of carboxylic acid groups (broad SMARTS) is 1. The molecule has 3 atom stereocenters. The molecule has 0 bridgehead atoms. The van der Waals surface area contributed by atoms with Gasteiger partial charge in [-0.25, -0.2) is 8.42 Å². The van der Waals surface area contributed by atoms with Crippen molar-refractivity contribution in [1.29, 1.82) is 0 Å². The molecule has 0 amide bonds. The maximum absolute atomic E-state index is 12.7. The van der Waals surface area contributed by atoms with Crippen LogP contribution < -0.4 is 9.46 Å². The number of rotatable bonds is 5. The lowest BCUT2D eigenvalue weighted by molar-refractivity contribution is -0.136. The monoisotopic (exact) mass is 389 g/mol. The van der Waals surface area contributed by atoms with E-state index in [0.29, 0.717) is 23.3 Å². The lowest BCUT2D eigenvalue weighted by atomic mass is 9.90. The van der Waals surface area contributed by atoms with E-state index in [-0.39, 0.29) is 17.7 Å². The molecule has 0 saturated heterocycles. The van der Waals surface area contributed by atoms with Gasteiger partial charge in [-0.05, 0) is 25.0 Å². The van der Waals surface area contributed by atoms with Crippen molar-refractivity contribution >= 4 is 16.0 Å². The fourth-order valence-corrected chi connectivity index (χ4v) is 5.36. The van der Waals surface area contributed by atoms with Gasteiger partial charge in [0.15, 0.2) is 0 Å². The minimum absolute atomic E-state index is 0.0700. The van der Waals surface area contributed by atoms with Crippen molar-refractivity contribution in [3.63, 3.8) is 0 Å². The third-order valence-electron chi connectivity index (χ3n) is 5.13. The molecule has 3 unspecified atom stereocenters. The van der Waals surface area contributed by atoms with E-state index in [0.717, 1.165) is 0 Å². The number of para-hydroxylation sites is 1. The number of benzene rings is 2. The summed E-state index contributed by atoms with van der Waals surface area (Å²) in [6.45, 7) is 0. The Balaban J connectivity index is 1.69. The summed E-state index contributed by atoms with van der Waals surface area (Å²) in [4.78, 5) is 11.2. The molecule has 1 fully saturated rings. The molecule has 1 heterocycles. The third kappa shape index (κ3) is 3.09. The molecule has 1 saturated carbocycles. The molecule has 27 heavy (non-hydrogen) atoms. The van der Waals surface area contributed by atoms with Crippen LogP contribution in [0.5, 0.6) is 5.75 Å². The van der Waals surface area contributed by atoms with Crippen molar-refractivity contribution in [3.05, 3.63) is 59.7 Å². The Labute approximate surface area is 156 Å². The summed E-state index contributed by atoms with van der Waals surface area (Å²) in [6, 6.07) is 13.0. The number of ether oxygens (including phenoxy) is 1. The fourth-order valence-electron chi connectivity index (χ4n) is 4.03. The normalized spacial score (nSPS) is 26.3. The summed E-state index contributed by atoms with van der Waals surface area (Å²) in [5.74, 6) is -1.14. The van der Waals surface area contributed by atoms with Crippen LogP contribution >= 0.6 is 0 Å². The van der Waals surface area contributed by atoms with Crippen LogP contribution in [-0.4, -0.2) is 36.4 Å². The predicted octanol–water partition coefficient (Wildman–Crippen LogP) is 1.62. The highest BCUT2D eigenvalue weighted by molar-refractivity contribution is 7.89. The van der Waals surface area contributed by atoms with Crippen LogP contribution in [0.15, 0.2) is 53.4 Å². The second-order valence-corrected chi connectivity index (χ2v) is 8.60. The van der Waals surface area contributed by atoms with Gasteiger partial charge in [-0.1, -0.05) is 36.4 Å². The van der Waals surface area contributed by atoms with E-state index in [4.69, 9.17) is 9.84 Å². The van der Waals surface area contributed by atoms with Crippen LogP contribution in [0.2, 0.25) is 0 Å². The number of nitrogens with one attached hydrogen (secondary N) is 1. The van der Waals surface area contributed by atoms with E-state index >= 15 is 0 Å². The molecule has 3 N–H and O–H groups in total. The van der Waals surface area contributed by atoms with E-state index in [1.807, 2.05) is 0 Å². The summed E-state index contributed by atoms with van der Waals surface area (Å²) in [5, 5.41) is 20.3. The molecule has 142 valence electrons. The zero-order valence-corrected chi connectivity index (χ0v) is 15.1. The predicted molar refractivity (Wildman–Crippen MR) is 95.9 cm³/mol. The highest BCUT2D eigenvalue weighted by Gasteiger charge is 2.55. The molecule has 8 heteroatoms. The Morgan fingerprint density at radius 3 is 2.63 bits per heavy atom. The minimum atomic E-state index is -3.92. The van der Waals surface area contributed by atoms with Gasteiger partial charge >= 0.3 is 5.97 Å². The Morgan fingerprint density at radius 1 is 1.19 bits per heavy atom. The summed E-state index contributed by atoms with van der Waals surface area (Å²) in [5.41, 5.74) is -0.552. The molecular formula is C19H19NO6S. The van der Waals surface area contributed by atoms with Crippen molar-refractivity contribution in [2.75, 3.05) is 0 Å². The van der Waals surface area contributed by atoms with Crippen molar-refractivity contribution in [2.24, 2.45) is 0 Å². The van der Waals surface area contributed by atoms with Gasteiger partial charge in [-0.3, -0.25) is 4.79 Å². The Hall–Kier alpha value is -2.42. The average Bonchev–Trinajstić information content (AvgIpc) is 3.14. The minimum Gasteiger partial charge on any atom is -0.489 e. The van der Waals surface area contributed by atoms with E-state index in [2.05, 4.69) is 4.72 Å². The van der Waals surface area contributed by atoms with Crippen molar-refractivity contribution < 1.29 is 28.2 Å². The van der Waals surface area contributed by atoms with Gasteiger partial charge in [0.25, 0.3) is 0 Å². The lowest BCUT2D eigenvalue weighted by Crippen LogP contribution is -2.50. The maximum atomic E-state index is 12.7. The number of hydrogen-bond donors (Lipinski definition) is 3. The summed E-state index contributed by atoms with van der Waals surface area (Å²) < 4.78 is 33.8. The fraction of sp³-hybridized carbons (Fsp3) is 0.316. The van der Waals surface area contributed by atoms with Gasteiger partial charge in [0.2, 0.25) is 10.0 Å². The Morgan fingerprint density at radius 2 is 1.93 bits per heavy atom. The molecule has 1 aliphatic heterocycles. The van der Waals surface area contributed by atoms with Crippen molar-refractivity contribution in [2.45, 2.75) is 41.9 Å². The lowest BCUT2D eigenvalue weighted by Gasteiger charge is -2.29. The van der Waals surface area contributed by atoms with Gasteiger partial charge in [0, 0.05) is 11.1 Å². The second kappa shape index (κ2) is 6.33. The summed E-state index contributed by atoms with van der Waals surface area (Å²) in [7, 11) is -3.92. The molecule has 7 nitrogen and oxygen atoms in total. The van der Waals surface area contributed by atoms with Crippen molar-refractivity contribution in [1.82, 2.24) is 4.72 Å². The number of hydrogen-bond acceptors (Lipinski definition) is 5. The average molecular weight is 389 g/mol. The SMILES string of the molecule is O=C(O)Cc1cccc2c1OC1CCC(O)(NS(=O)(=O)c3ccccc3)C21. The zero-order chi connectivity index (χ0) is 19.2. The van der Waals surface area contributed by atoms with Crippen LogP contribution in [-0.2, 0) is 21.2 Å². The third-order valence-corrected chi connectivity index (χ3v) is 6.65. The maximum Gasteiger partial charge on any atom is 0.307 e. The van der Waals surface area contributed by atoms with E-state index < -0.39 is 33.7 Å². The first-order valence-corrected chi connectivity index (χ1v) is 10.1.